The second kappa shape index (κ2) is 9.20. The molecule has 1 atom stereocenters. The van der Waals surface area contributed by atoms with Gasteiger partial charge < -0.3 is 20.7 Å². The summed E-state index contributed by atoms with van der Waals surface area (Å²) in [5.74, 6) is 0.0252. The highest BCUT2D eigenvalue weighted by molar-refractivity contribution is 6.37. The van der Waals surface area contributed by atoms with Crippen molar-refractivity contribution in [2.75, 3.05) is 5.32 Å². The zero-order chi connectivity index (χ0) is 22.9. The Bertz CT molecular complexity index is 1060. The van der Waals surface area contributed by atoms with Crippen LogP contribution in [0.4, 0.5) is 10.5 Å². The third kappa shape index (κ3) is 5.14. The van der Waals surface area contributed by atoms with Crippen molar-refractivity contribution in [3.63, 3.8) is 0 Å². The van der Waals surface area contributed by atoms with Gasteiger partial charge in [0.25, 0.3) is 5.91 Å². The molecule has 8 heteroatoms. The second-order valence-electron chi connectivity index (χ2n) is 7.80. The second-order valence-corrected chi connectivity index (χ2v) is 8.62. The van der Waals surface area contributed by atoms with Crippen LogP contribution < -0.4 is 20.7 Å². The first-order valence-electron chi connectivity index (χ1n) is 9.89. The maximum atomic E-state index is 13.2. The molecule has 164 valence electrons. The molecule has 1 heterocycles. The first-order valence-corrected chi connectivity index (χ1v) is 10.6. The van der Waals surface area contributed by atoms with Gasteiger partial charge in [-0.2, -0.15) is 0 Å². The Morgan fingerprint density at radius 3 is 2.29 bits per heavy atom. The van der Waals surface area contributed by atoms with Crippen LogP contribution in [-0.4, -0.2) is 18.0 Å². The summed E-state index contributed by atoms with van der Waals surface area (Å²) in [5, 5.41) is 8.96. The third-order valence-corrected chi connectivity index (χ3v) is 5.55. The average Bonchev–Trinajstić information content (AvgIpc) is 2.66. The molecule has 6 nitrogen and oxygen atoms in total. The van der Waals surface area contributed by atoms with Crippen LogP contribution in [0.15, 0.2) is 41.6 Å². The van der Waals surface area contributed by atoms with Crippen LogP contribution in [0.25, 0.3) is 0 Å². The van der Waals surface area contributed by atoms with Crippen LogP contribution in [0.1, 0.15) is 43.5 Å². The number of hydrogen-bond acceptors (Lipinski definition) is 3. The lowest BCUT2D eigenvalue weighted by atomic mass is 9.94. The van der Waals surface area contributed by atoms with Crippen LogP contribution in [-0.2, 0) is 4.79 Å². The van der Waals surface area contributed by atoms with E-state index in [2.05, 4.69) is 16.0 Å². The number of halogens is 2. The molecule has 0 aromatic heterocycles. The Morgan fingerprint density at radius 1 is 1.06 bits per heavy atom. The summed E-state index contributed by atoms with van der Waals surface area (Å²) in [6, 6.07) is 7.83. The molecule has 1 aliphatic heterocycles. The van der Waals surface area contributed by atoms with E-state index in [0.717, 1.165) is 11.1 Å². The van der Waals surface area contributed by atoms with Gasteiger partial charge in [0.1, 0.15) is 0 Å². The van der Waals surface area contributed by atoms with E-state index >= 15 is 0 Å². The Morgan fingerprint density at radius 2 is 1.71 bits per heavy atom. The minimum atomic E-state index is -0.733. The lowest BCUT2D eigenvalue weighted by Gasteiger charge is -2.29. The van der Waals surface area contributed by atoms with Gasteiger partial charge in [-0.15, -0.1) is 0 Å². The quantitative estimate of drug-likeness (QED) is 0.536. The van der Waals surface area contributed by atoms with Gasteiger partial charge in [-0.25, -0.2) is 4.79 Å². The van der Waals surface area contributed by atoms with Gasteiger partial charge in [0, 0.05) is 11.4 Å². The predicted molar refractivity (Wildman–Crippen MR) is 124 cm³/mol. The van der Waals surface area contributed by atoms with Gasteiger partial charge in [0.15, 0.2) is 5.75 Å². The number of urea groups is 1. The SMILES string of the molecule is CC1=C(C(=O)Nc2ccc(C)c(C)c2)C(c2cc(Cl)c(OC(C)C)c(Cl)c2)NC(=O)N1. The number of amides is 3. The molecule has 3 rings (SSSR count). The van der Waals surface area contributed by atoms with Gasteiger partial charge >= 0.3 is 6.03 Å². The number of ether oxygens (including phenoxy) is 1. The van der Waals surface area contributed by atoms with Crippen molar-refractivity contribution >= 4 is 40.8 Å². The van der Waals surface area contributed by atoms with E-state index in [0.29, 0.717) is 38.3 Å². The first-order chi connectivity index (χ1) is 14.6. The molecule has 0 radical (unpaired) electrons. The molecule has 0 saturated heterocycles. The number of carbonyl (C=O) groups is 2. The molecule has 2 aromatic rings. The molecule has 1 aliphatic rings. The Labute approximate surface area is 192 Å². The van der Waals surface area contributed by atoms with Gasteiger partial charge in [-0.05, 0) is 75.6 Å². The van der Waals surface area contributed by atoms with Crippen molar-refractivity contribution in [3.05, 3.63) is 68.3 Å². The van der Waals surface area contributed by atoms with Gasteiger partial charge in [0.05, 0.1) is 27.8 Å². The van der Waals surface area contributed by atoms with Crippen LogP contribution >= 0.6 is 23.2 Å². The molecule has 3 N–H and O–H groups in total. The molecule has 0 spiro atoms. The van der Waals surface area contributed by atoms with Crippen molar-refractivity contribution < 1.29 is 14.3 Å². The zero-order valence-corrected chi connectivity index (χ0v) is 19.5. The molecule has 0 saturated carbocycles. The summed E-state index contributed by atoms with van der Waals surface area (Å²) in [6.45, 7) is 9.40. The number of benzene rings is 2. The van der Waals surface area contributed by atoms with E-state index < -0.39 is 12.1 Å². The summed E-state index contributed by atoms with van der Waals surface area (Å²) in [5.41, 5.74) is 4.25. The molecule has 31 heavy (non-hydrogen) atoms. The fraction of sp³-hybridized carbons (Fsp3) is 0.304. The normalized spacial score (nSPS) is 16.1. The summed E-state index contributed by atoms with van der Waals surface area (Å²) in [7, 11) is 0. The van der Waals surface area contributed by atoms with Crippen LogP contribution in [0, 0.1) is 13.8 Å². The summed E-state index contributed by atoms with van der Waals surface area (Å²) in [6.07, 6.45) is -0.110. The van der Waals surface area contributed by atoms with E-state index in [1.165, 1.54) is 0 Å². The molecule has 2 aromatic carbocycles. The van der Waals surface area contributed by atoms with Gasteiger partial charge in [0.2, 0.25) is 0 Å². The number of aryl methyl sites for hydroxylation is 2. The van der Waals surface area contributed by atoms with Gasteiger partial charge in [-0.1, -0.05) is 29.3 Å². The lowest BCUT2D eigenvalue weighted by Crippen LogP contribution is -2.46. The molecule has 0 bridgehead atoms. The monoisotopic (exact) mass is 461 g/mol. The van der Waals surface area contributed by atoms with Crippen molar-refractivity contribution in [1.82, 2.24) is 10.6 Å². The molecule has 0 fully saturated rings. The van der Waals surface area contributed by atoms with Crippen molar-refractivity contribution in [1.29, 1.82) is 0 Å². The summed E-state index contributed by atoms with van der Waals surface area (Å²) >= 11 is 12.8. The molecular formula is C23H25Cl2N3O3. The molecule has 3 amide bonds. The van der Waals surface area contributed by atoms with Crippen LogP contribution in [0.3, 0.4) is 0 Å². The standard InChI is InChI=1S/C23H25Cl2N3O3/c1-11(2)31-21-17(24)9-15(10-18(21)25)20-19(14(5)26-23(30)28-20)22(29)27-16-7-6-12(3)13(4)8-16/h6-11,20H,1-5H3,(H,27,29)(H2,26,28,30). The molecule has 1 unspecified atom stereocenters. The zero-order valence-electron chi connectivity index (χ0n) is 18.0. The van der Waals surface area contributed by atoms with E-state index in [1.54, 1.807) is 19.1 Å². The smallest absolute Gasteiger partial charge is 0.319 e. The average molecular weight is 462 g/mol. The Hall–Kier alpha value is -2.70. The maximum absolute atomic E-state index is 13.2. The number of carbonyl (C=O) groups excluding carboxylic acids is 2. The minimum Gasteiger partial charge on any atom is -0.488 e. The van der Waals surface area contributed by atoms with Crippen molar-refractivity contribution in [2.45, 2.75) is 46.8 Å². The largest absolute Gasteiger partial charge is 0.488 e. The van der Waals surface area contributed by atoms with E-state index in [9.17, 15) is 9.59 Å². The van der Waals surface area contributed by atoms with Gasteiger partial charge in [-0.3, -0.25) is 4.79 Å². The number of allylic oxidation sites excluding steroid dienone is 1. The van der Waals surface area contributed by atoms with E-state index in [-0.39, 0.29) is 12.0 Å². The number of hydrogen-bond donors (Lipinski definition) is 3. The number of rotatable bonds is 5. The fourth-order valence-corrected chi connectivity index (χ4v) is 3.95. The number of anilines is 1. The van der Waals surface area contributed by atoms with Crippen molar-refractivity contribution in [2.24, 2.45) is 0 Å². The maximum Gasteiger partial charge on any atom is 0.319 e. The lowest BCUT2D eigenvalue weighted by molar-refractivity contribution is -0.113. The minimum absolute atomic E-state index is 0.110. The third-order valence-electron chi connectivity index (χ3n) is 4.99. The number of nitrogens with one attached hydrogen (secondary N) is 3. The predicted octanol–water partition coefficient (Wildman–Crippen LogP) is 5.66. The highest BCUT2D eigenvalue weighted by Crippen LogP contribution is 2.39. The first kappa shape index (κ1) is 23.0. The Kier molecular flexibility index (Phi) is 6.82. The van der Waals surface area contributed by atoms with E-state index in [4.69, 9.17) is 27.9 Å². The highest BCUT2D eigenvalue weighted by Gasteiger charge is 2.32. The van der Waals surface area contributed by atoms with Crippen LogP contribution in [0.2, 0.25) is 10.0 Å². The Balaban J connectivity index is 1.98. The van der Waals surface area contributed by atoms with Crippen molar-refractivity contribution in [3.8, 4) is 5.75 Å². The fourth-order valence-electron chi connectivity index (χ4n) is 3.36. The summed E-state index contributed by atoms with van der Waals surface area (Å²) in [4.78, 5) is 25.4. The topological polar surface area (TPSA) is 79.5 Å². The molecular weight excluding hydrogens is 437 g/mol. The van der Waals surface area contributed by atoms with Crippen LogP contribution in [0.5, 0.6) is 5.75 Å². The highest BCUT2D eigenvalue weighted by atomic mass is 35.5. The summed E-state index contributed by atoms with van der Waals surface area (Å²) < 4.78 is 5.68. The van der Waals surface area contributed by atoms with E-state index in [1.807, 2.05) is 45.9 Å². The molecule has 0 aliphatic carbocycles.